The maximum atomic E-state index is 11.8. The second-order valence-corrected chi connectivity index (χ2v) is 12.0. The third-order valence-corrected chi connectivity index (χ3v) is 11.0. The Kier molecular flexibility index (Phi) is 6.66. The van der Waals surface area contributed by atoms with E-state index in [1.165, 1.54) is 13.3 Å². The predicted molar refractivity (Wildman–Crippen MR) is 126 cm³/mol. The van der Waals surface area contributed by atoms with E-state index >= 15 is 0 Å². The standard InChI is InChI=1S/C28H44O4/c1-6-18(12-15-29)21-8-9-22-25-23(11-14-27(21,22)4)28(5)13-10-19(32-17(3)30)16-24(28)20(7-2)26(25)31/h6,15,18-26,31H,1,7-14,16H2,2-5H3/t18-,19-,20-,21-,22?,23?,24+,25?,26-,27-,28-/m1/s1. The summed E-state index contributed by atoms with van der Waals surface area (Å²) < 4.78 is 5.65. The van der Waals surface area contributed by atoms with Gasteiger partial charge in [0.1, 0.15) is 12.4 Å². The molecule has 3 unspecified atom stereocenters. The Morgan fingerprint density at radius 2 is 1.81 bits per heavy atom. The summed E-state index contributed by atoms with van der Waals surface area (Å²) in [7, 11) is 0. The van der Waals surface area contributed by atoms with Gasteiger partial charge in [0, 0.05) is 13.3 Å². The summed E-state index contributed by atoms with van der Waals surface area (Å²) in [4.78, 5) is 22.9. The zero-order valence-electron chi connectivity index (χ0n) is 20.6. The van der Waals surface area contributed by atoms with Crippen molar-refractivity contribution in [2.24, 2.45) is 52.3 Å². The maximum Gasteiger partial charge on any atom is 0.302 e. The summed E-state index contributed by atoms with van der Waals surface area (Å²) >= 11 is 0. The molecule has 4 aliphatic carbocycles. The number of aliphatic hydroxyl groups excluding tert-OH is 1. The van der Waals surface area contributed by atoms with Gasteiger partial charge in [0.15, 0.2) is 0 Å². The van der Waals surface area contributed by atoms with E-state index in [1.807, 2.05) is 6.08 Å². The van der Waals surface area contributed by atoms with Gasteiger partial charge in [-0.05, 0) is 97.2 Å². The highest BCUT2D eigenvalue weighted by Crippen LogP contribution is 2.69. The van der Waals surface area contributed by atoms with Gasteiger partial charge in [0.05, 0.1) is 6.10 Å². The highest BCUT2D eigenvalue weighted by Gasteiger charge is 2.65. The van der Waals surface area contributed by atoms with Crippen LogP contribution in [0.4, 0.5) is 0 Å². The van der Waals surface area contributed by atoms with Crippen LogP contribution < -0.4 is 0 Å². The molecule has 0 aliphatic heterocycles. The van der Waals surface area contributed by atoms with E-state index in [1.54, 1.807) is 0 Å². The van der Waals surface area contributed by atoms with E-state index in [9.17, 15) is 14.7 Å². The number of allylic oxidation sites excluding steroid dienone is 1. The fourth-order valence-corrected chi connectivity index (χ4v) is 9.56. The first kappa shape index (κ1) is 24.0. The second-order valence-electron chi connectivity index (χ2n) is 12.0. The van der Waals surface area contributed by atoms with Crippen molar-refractivity contribution >= 4 is 12.3 Å². The van der Waals surface area contributed by atoms with E-state index < -0.39 is 0 Å². The highest BCUT2D eigenvalue weighted by atomic mass is 16.5. The fraction of sp³-hybridized carbons (Fsp3) is 0.857. The molecule has 0 aromatic heterocycles. The maximum absolute atomic E-state index is 11.8. The zero-order valence-corrected chi connectivity index (χ0v) is 20.6. The summed E-state index contributed by atoms with van der Waals surface area (Å²) in [5.74, 6) is 2.65. The summed E-state index contributed by atoms with van der Waals surface area (Å²) in [5.41, 5.74) is 0.391. The minimum atomic E-state index is -0.282. The second kappa shape index (κ2) is 8.89. The van der Waals surface area contributed by atoms with Crippen molar-refractivity contribution in [1.82, 2.24) is 0 Å². The Morgan fingerprint density at radius 1 is 1.12 bits per heavy atom. The third-order valence-electron chi connectivity index (χ3n) is 11.0. The molecule has 11 atom stereocenters. The Morgan fingerprint density at radius 3 is 2.44 bits per heavy atom. The molecule has 32 heavy (non-hydrogen) atoms. The summed E-state index contributed by atoms with van der Waals surface area (Å²) in [6.45, 7) is 12.7. The van der Waals surface area contributed by atoms with Crippen LogP contribution in [0, 0.1) is 52.3 Å². The lowest BCUT2D eigenvalue weighted by atomic mass is 9.41. The minimum Gasteiger partial charge on any atom is -0.463 e. The van der Waals surface area contributed by atoms with Gasteiger partial charge < -0.3 is 14.6 Å². The summed E-state index contributed by atoms with van der Waals surface area (Å²) in [5, 5.41) is 11.8. The lowest BCUT2D eigenvalue weighted by Crippen LogP contribution is -2.62. The quantitative estimate of drug-likeness (QED) is 0.330. The molecule has 0 bridgehead atoms. The van der Waals surface area contributed by atoms with Crippen LogP contribution in [-0.2, 0) is 14.3 Å². The van der Waals surface area contributed by atoms with Crippen molar-refractivity contribution in [3.05, 3.63) is 12.7 Å². The van der Waals surface area contributed by atoms with Gasteiger partial charge in [-0.15, -0.1) is 6.58 Å². The molecule has 4 saturated carbocycles. The summed E-state index contributed by atoms with van der Waals surface area (Å²) in [6, 6.07) is 0. The van der Waals surface area contributed by atoms with Crippen LogP contribution in [0.3, 0.4) is 0 Å². The number of carbonyl (C=O) groups excluding carboxylic acids is 2. The van der Waals surface area contributed by atoms with Crippen molar-refractivity contribution in [2.75, 3.05) is 0 Å². The molecule has 4 heteroatoms. The molecule has 180 valence electrons. The Balaban J connectivity index is 1.64. The largest absolute Gasteiger partial charge is 0.463 e. The number of esters is 1. The lowest BCUT2D eigenvalue weighted by molar-refractivity contribution is -0.206. The van der Waals surface area contributed by atoms with E-state index in [4.69, 9.17) is 4.74 Å². The molecule has 0 spiro atoms. The first-order valence-corrected chi connectivity index (χ1v) is 13.1. The Hall–Kier alpha value is -1.16. The molecular formula is C28H44O4. The SMILES string of the molecule is C=C[C@H](CC=O)[C@H]1CCC2C3C(CC[C@@]21C)[C@@]1(C)CC[C@@H](OC(C)=O)C[C@H]1[C@@H](CC)[C@H]3O. The Bertz CT molecular complexity index is 733. The van der Waals surface area contributed by atoms with Crippen LogP contribution in [0.2, 0.25) is 0 Å². The van der Waals surface area contributed by atoms with Crippen LogP contribution >= 0.6 is 0 Å². The molecule has 4 rings (SSSR count). The van der Waals surface area contributed by atoms with E-state index in [-0.39, 0.29) is 40.8 Å². The smallest absolute Gasteiger partial charge is 0.302 e. The highest BCUT2D eigenvalue weighted by molar-refractivity contribution is 5.66. The van der Waals surface area contributed by atoms with Gasteiger partial charge in [0.2, 0.25) is 0 Å². The predicted octanol–water partition coefficient (Wildman–Crippen LogP) is 5.58. The molecule has 0 amide bonds. The van der Waals surface area contributed by atoms with Crippen LogP contribution in [0.25, 0.3) is 0 Å². The first-order valence-electron chi connectivity index (χ1n) is 13.1. The molecule has 1 N–H and O–H groups in total. The van der Waals surface area contributed by atoms with Crippen molar-refractivity contribution in [1.29, 1.82) is 0 Å². The number of hydrogen-bond acceptors (Lipinski definition) is 4. The van der Waals surface area contributed by atoms with Gasteiger partial charge in [-0.3, -0.25) is 4.79 Å². The molecule has 0 saturated heterocycles. The fourth-order valence-electron chi connectivity index (χ4n) is 9.56. The normalized spacial score (nSPS) is 48.7. The van der Waals surface area contributed by atoms with Crippen molar-refractivity contribution < 1.29 is 19.4 Å². The monoisotopic (exact) mass is 444 g/mol. The van der Waals surface area contributed by atoms with Gasteiger partial charge in [-0.1, -0.05) is 33.3 Å². The molecule has 0 heterocycles. The molecule has 0 aromatic carbocycles. The van der Waals surface area contributed by atoms with Crippen LogP contribution in [0.1, 0.15) is 85.5 Å². The molecular weight excluding hydrogens is 400 g/mol. The van der Waals surface area contributed by atoms with E-state index in [0.717, 1.165) is 51.2 Å². The number of rotatable bonds is 6. The summed E-state index contributed by atoms with van der Waals surface area (Å²) in [6.07, 6.45) is 11.9. The lowest BCUT2D eigenvalue weighted by Gasteiger charge is -2.64. The third kappa shape index (κ3) is 3.60. The minimum absolute atomic E-state index is 0.00443. The number of fused-ring (bicyclic) bond motifs is 5. The average molecular weight is 445 g/mol. The molecule has 0 radical (unpaired) electrons. The zero-order chi connectivity index (χ0) is 23.3. The van der Waals surface area contributed by atoms with Crippen molar-refractivity contribution in [2.45, 2.75) is 97.7 Å². The average Bonchev–Trinajstić information content (AvgIpc) is 3.10. The van der Waals surface area contributed by atoms with Gasteiger partial charge in [-0.2, -0.15) is 0 Å². The van der Waals surface area contributed by atoms with Crippen molar-refractivity contribution in [3.63, 3.8) is 0 Å². The Labute approximate surface area is 194 Å². The number of carbonyl (C=O) groups is 2. The number of hydrogen-bond donors (Lipinski definition) is 1. The van der Waals surface area contributed by atoms with Crippen molar-refractivity contribution in [3.8, 4) is 0 Å². The number of ether oxygens (including phenoxy) is 1. The molecule has 0 aromatic rings. The first-order chi connectivity index (χ1) is 15.2. The van der Waals surface area contributed by atoms with Gasteiger partial charge >= 0.3 is 5.97 Å². The van der Waals surface area contributed by atoms with E-state index in [0.29, 0.717) is 36.0 Å². The number of aldehydes is 1. The van der Waals surface area contributed by atoms with Crippen LogP contribution in [-0.4, -0.2) is 29.6 Å². The number of aliphatic hydroxyl groups is 1. The topological polar surface area (TPSA) is 63.6 Å². The van der Waals surface area contributed by atoms with E-state index in [2.05, 4.69) is 27.4 Å². The molecule has 4 fully saturated rings. The molecule has 4 nitrogen and oxygen atoms in total. The molecule has 4 aliphatic rings. The van der Waals surface area contributed by atoms with Gasteiger partial charge in [0.25, 0.3) is 0 Å². The van der Waals surface area contributed by atoms with Crippen LogP contribution in [0.5, 0.6) is 0 Å². The van der Waals surface area contributed by atoms with Gasteiger partial charge in [-0.25, -0.2) is 0 Å². The van der Waals surface area contributed by atoms with Crippen LogP contribution in [0.15, 0.2) is 12.7 Å².